The molecule has 2 aromatic rings. The summed E-state index contributed by atoms with van der Waals surface area (Å²) >= 11 is 4.34. The summed E-state index contributed by atoms with van der Waals surface area (Å²) in [4.78, 5) is 14.5. The molecule has 1 amide bonds. The minimum absolute atomic E-state index is 0.0813. The van der Waals surface area contributed by atoms with Crippen LogP contribution in [0.4, 0.5) is 0 Å². The first-order valence-electron chi connectivity index (χ1n) is 7.77. The maximum absolute atomic E-state index is 12.6. The molecule has 0 N–H and O–H groups in total. The fraction of sp³-hybridized carbons (Fsp3) is 0.111. The van der Waals surface area contributed by atoms with Crippen molar-refractivity contribution in [3.8, 4) is 0 Å². The number of hydrogen-bond donors (Lipinski definition) is 0. The maximum Gasteiger partial charge on any atom is 0.284 e. The molecule has 0 aliphatic carbocycles. The summed E-state index contributed by atoms with van der Waals surface area (Å²) in [6.07, 6.45) is 1.74. The predicted molar refractivity (Wildman–Crippen MR) is 108 cm³/mol. The van der Waals surface area contributed by atoms with Crippen LogP contribution in [-0.4, -0.2) is 30.9 Å². The molecule has 134 valence electrons. The lowest BCUT2D eigenvalue weighted by Crippen LogP contribution is -2.29. The lowest BCUT2D eigenvalue weighted by atomic mass is 10.2. The van der Waals surface area contributed by atoms with E-state index in [1.54, 1.807) is 25.1 Å². The molecule has 26 heavy (non-hydrogen) atoms. The van der Waals surface area contributed by atoms with E-state index in [-0.39, 0.29) is 16.0 Å². The van der Waals surface area contributed by atoms with Crippen LogP contribution >= 0.6 is 27.7 Å². The molecule has 0 unspecified atom stereocenters. The molecular weight excluding hydrogens is 436 g/mol. The number of likely N-dealkylation sites (N-methyl/N-ethyl adjacent to an activating group) is 1. The smallest absolute Gasteiger partial charge is 0.284 e. The summed E-state index contributed by atoms with van der Waals surface area (Å²) < 4.78 is 29.8. The normalized spacial score (nSPS) is 18.1. The van der Waals surface area contributed by atoms with E-state index in [2.05, 4.69) is 20.3 Å². The summed E-state index contributed by atoms with van der Waals surface area (Å²) in [7, 11) is -3.90. The highest BCUT2D eigenvalue weighted by Gasteiger charge is 2.33. The van der Waals surface area contributed by atoms with E-state index in [0.717, 1.165) is 21.8 Å². The maximum atomic E-state index is 12.6. The van der Waals surface area contributed by atoms with Gasteiger partial charge in [0.2, 0.25) is 0 Å². The van der Waals surface area contributed by atoms with Crippen LogP contribution in [0.2, 0.25) is 0 Å². The fourth-order valence-corrected chi connectivity index (χ4v) is 4.83. The Bertz CT molecular complexity index is 985. The number of carbonyl (C=O) groups excluding carboxylic acids is 1. The number of amidine groups is 1. The average Bonchev–Trinajstić information content (AvgIpc) is 2.90. The van der Waals surface area contributed by atoms with Crippen molar-refractivity contribution in [3.05, 3.63) is 69.5 Å². The molecule has 1 saturated heterocycles. The zero-order valence-electron chi connectivity index (χ0n) is 13.8. The summed E-state index contributed by atoms with van der Waals surface area (Å²) in [5, 5.41) is 0.169. The van der Waals surface area contributed by atoms with Gasteiger partial charge in [-0.05, 0) is 54.6 Å². The van der Waals surface area contributed by atoms with Crippen LogP contribution in [0.3, 0.4) is 0 Å². The SMILES string of the molecule is CCN1C(=O)/C(=C/c2ccccc2)S/C1=N/S(=O)(=O)c1ccc(Br)cc1. The molecule has 2 aromatic carbocycles. The molecule has 0 bridgehead atoms. The highest BCUT2D eigenvalue weighted by Crippen LogP contribution is 2.33. The first-order valence-corrected chi connectivity index (χ1v) is 10.8. The highest BCUT2D eigenvalue weighted by atomic mass is 79.9. The van der Waals surface area contributed by atoms with Gasteiger partial charge in [-0.3, -0.25) is 9.69 Å². The summed E-state index contributed by atoms with van der Waals surface area (Å²) in [5.41, 5.74) is 0.872. The minimum atomic E-state index is -3.90. The second-order valence-corrected chi connectivity index (χ2v) is 8.90. The minimum Gasteiger partial charge on any atom is -0.286 e. The molecule has 1 fully saturated rings. The number of halogens is 1. The van der Waals surface area contributed by atoms with Gasteiger partial charge in [0.1, 0.15) is 0 Å². The lowest BCUT2D eigenvalue weighted by Gasteiger charge is -2.11. The summed E-state index contributed by atoms with van der Waals surface area (Å²) in [6.45, 7) is 2.12. The third-order valence-corrected chi connectivity index (χ3v) is 6.54. The van der Waals surface area contributed by atoms with Gasteiger partial charge in [0.05, 0.1) is 9.80 Å². The summed E-state index contributed by atoms with van der Waals surface area (Å²) in [5.74, 6) is -0.244. The van der Waals surface area contributed by atoms with Crippen molar-refractivity contribution in [2.24, 2.45) is 4.40 Å². The van der Waals surface area contributed by atoms with Crippen molar-refractivity contribution in [3.63, 3.8) is 0 Å². The van der Waals surface area contributed by atoms with Crippen LogP contribution < -0.4 is 0 Å². The standard InChI is InChI=1S/C18H15BrN2O3S2/c1-2-21-17(22)16(12-13-6-4-3-5-7-13)25-18(21)20-26(23,24)15-10-8-14(19)9-11-15/h3-12H,2H2,1H3/b16-12-,20-18+. The number of sulfonamides is 1. The first-order chi connectivity index (χ1) is 12.4. The number of amides is 1. The van der Waals surface area contributed by atoms with Gasteiger partial charge in [-0.25, -0.2) is 0 Å². The Morgan fingerprint density at radius 3 is 2.38 bits per heavy atom. The van der Waals surface area contributed by atoms with Crippen molar-refractivity contribution in [2.75, 3.05) is 6.54 Å². The second-order valence-electron chi connectivity index (χ2n) is 5.37. The number of hydrogen-bond acceptors (Lipinski definition) is 4. The van der Waals surface area contributed by atoms with E-state index in [1.165, 1.54) is 17.0 Å². The van der Waals surface area contributed by atoms with Crippen LogP contribution in [0.15, 0.2) is 73.3 Å². The van der Waals surface area contributed by atoms with Gasteiger partial charge >= 0.3 is 0 Å². The number of rotatable bonds is 4. The van der Waals surface area contributed by atoms with E-state index in [0.29, 0.717) is 11.4 Å². The molecular formula is C18H15BrN2O3S2. The van der Waals surface area contributed by atoms with Gasteiger partial charge in [-0.2, -0.15) is 8.42 Å². The Morgan fingerprint density at radius 2 is 1.77 bits per heavy atom. The van der Waals surface area contributed by atoms with E-state index in [1.807, 2.05) is 30.3 Å². The van der Waals surface area contributed by atoms with Crippen LogP contribution in [0.5, 0.6) is 0 Å². The quantitative estimate of drug-likeness (QED) is 0.656. The number of carbonyl (C=O) groups is 1. The number of nitrogens with zero attached hydrogens (tertiary/aromatic N) is 2. The topological polar surface area (TPSA) is 66.8 Å². The number of thioether (sulfide) groups is 1. The molecule has 0 radical (unpaired) electrons. The Labute approximate surface area is 165 Å². The molecule has 1 aliphatic heterocycles. The van der Waals surface area contributed by atoms with Crippen molar-refractivity contribution >= 4 is 54.9 Å². The van der Waals surface area contributed by atoms with Gasteiger partial charge in [-0.15, -0.1) is 4.40 Å². The van der Waals surface area contributed by atoms with E-state index in [9.17, 15) is 13.2 Å². The van der Waals surface area contributed by atoms with Crippen LogP contribution in [-0.2, 0) is 14.8 Å². The largest absolute Gasteiger partial charge is 0.286 e. The van der Waals surface area contributed by atoms with Crippen molar-refractivity contribution in [1.29, 1.82) is 0 Å². The average molecular weight is 451 g/mol. The third-order valence-electron chi connectivity index (χ3n) is 3.61. The molecule has 5 nitrogen and oxygen atoms in total. The first kappa shape index (κ1) is 18.9. The van der Waals surface area contributed by atoms with Crippen LogP contribution in [0.1, 0.15) is 12.5 Å². The zero-order valence-corrected chi connectivity index (χ0v) is 17.0. The van der Waals surface area contributed by atoms with Crippen molar-refractivity contribution < 1.29 is 13.2 Å². The molecule has 1 heterocycles. The Hall–Kier alpha value is -1.90. The van der Waals surface area contributed by atoms with Gasteiger partial charge < -0.3 is 0 Å². The van der Waals surface area contributed by atoms with E-state index in [4.69, 9.17) is 0 Å². The molecule has 8 heteroatoms. The van der Waals surface area contributed by atoms with Crippen LogP contribution in [0.25, 0.3) is 6.08 Å². The zero-order chi connectivity index (χ0) is 18.7. The van der Waals surface area contributed by atoms with E-state index < -0.39 is 10.0 Å². The number of benzene rings is 2. The molecule has 3 rings (SSSR count). The van der Waals surface area contributed by atoms with Crippen molar-refractivity contribution in [2.45, 2.75) is 11.8 Å². The lowest BCUT2D eigenvalue weighted by molar-refractivity contribution is -0.122. The molecule has 0 atom stereocenters. The molecule has 0 saturated carbocycles. The predicted octanol–water partition coefficient (Wildman–Crippen LogP) is 4.13. The Morgan fingerprint density at radius 1 is 1.12 bits per heavy atom. The van der Waals surface area contributed by atoms with Gasteiger partial charge in [0.25, 0.3) is 15.9 Å². The van der Waals surface area contributed by atoms with Gasteiger partial charge in [0, 0.05) is 11.0 Å². The molecule has 0 spiro atoms. The second kappa shape index (κ2) is 7.77. The molecule has 1 aliphatic rings. The Kier molecular flexibility index (Phi) is 5.64. The fourth-order valence-electron chi connectivity index (χ4n) is 2.32. The van der Waals surface area contributed by atoms with Crippen LogP contribution in [0, 0.1) is 0 Å². The van der Waals surface area contributed by atoms with Gasteiger partial charge in [0.15, 0.2) is 5.17 Å². The molecule has 0 aromatic heterocycles. The van der Waals surface area contributed by atoms with E-state index >= 15 is 0 Å². The Balaban J connectivity index is 1.96. The van der Waals surface area contributed by atoms with Gasteiger partial charge in [-0.1, -0.05) is 46.3 Å². The summed E-state index contributed by atoms with van der Waals surface area (Å²) in [6, 6.07) is 15.6. The van der Waals surface area contributed by atoms with Crippen molar-refractivity contribution in [1.82, 2.24) is 4.90 Å². The third kappa shape index (κ3) is 4.08. The monoisotopic (exact) mass is 450 g/mol. The highest BCUT2D eigenvalue weighted by molar-refractivity contribution is 9.10.